The minimum atomic E-state index is -0.714. The zero-order chi connectivity index (χ0) is 13.9. The van der Waals surface area contributed by atoms with Crippen molar-refractivity contribution >= 4 is 5.97 Å². The smallest absolute Gasteiger partial charge is 0.334 e. The van der Waals surface area contributed by atoms with Crippen LogP contribution in [0.3, 0.4) is 0 Å². The first kappa shape index (κ1) is 12.9. The average Bonchev–Trinajstić information content (AvgIpc) is 2.60. The highest BCUT2D eigenvalue weighted by atomic mass is 16.6. The second-order valence-electron chi connectivity index (χ2n) is 6.37. The zero-order valence-electron chi connectivity index (χ0n) is 11.3. The molecule has 2 aliphatic carbocycles. The normalized spacial score (nSPS) is 49.3. The first-order chi connectivity index (χ1) is 8.86. The van der Waals surface area contributed by atoms with E-state index in [0.717, 1.165) is 5.57 Å². The van der Waals surface area contributed by atoms with Gasteiger partial charge in [-0.15, -0.1) is 0 Å². The highest BCUT2D eigenvalue weighted by Crippen LogP contribution is 2.55. The number of carbonyl (C=O) groups excluding carboxylic acids is 1. The number of fused-ring (bicyclic) bond motifs is 2. The van der Waals surface area contributed by atoms with Crippen LogP contribution in [0.1, 0.15) is 26.7 Å². The fourth-order valence-corrected chi connectivity index (χ4v) is 4.23. The number of hydrogen-bond donors (Lipinski definition) is 2. The number of carbonyl (C=O) groups is 1. The largest absolute Gasteiger partial charge is 0.458 e. The molecule has 1 saturated carbocycles. The van der Waals surface area contributed by atoms with Crippen LogP contribution in [0.25, 0.3) is 0 Å². The van der Waals surface area contributed by atoms with Crippen molar-refractivity contribution in [2.24, 2.45) is 17.3 Å². The monoisotopic (exact) mass is 264 g/mol. The molecule has 3 aliphatic rings. The highest BCUT2D eigenvalue weighted by molar-refractivity contribution is 5.91. The summed E-state index contributed by atoms with van der Waals surface area (Å²) in [4.78, 5) is 11.6. The molecule has 0 bridgehead atoms. The van der Waals surface area contributed by atoms with Crippen molar-refractivity contribution in [3.63, 3.8) is 0 Å². The van der Waals surface area contributed by atoms with Gasteiger partial charge < -0.3 is 14.9 Å². The Balaban J connectivity index is 2.04. The van der Waals surface area contributed by atoms with Gasteiger partial charge in [0.1, 0.15) is 6.10 Å². The van der Waals surface area contributed by atoms with Crippen molar-refractivity contribution in [1.29, 1.82) is 0 Å². The van der Waals surface area contributed by atoms with E-state index < -0.39 is 23.6 Å². The molecule has 0 unspecified atom stereocenters. The van der Waals surface area contributed by atoms with E-state index in [1.54, 1.807) is 0 Å². The third-order valence-corrected chi connectivity index (χ3v) is 5.30. The minimum absolute atomic E-state index is 0.135. The second kappa shape index (κ2) is 3.93. The van der Waals surface area contributed by atoms with Crippen LogP contribution in [0.2, 0.25) is 0 Å². The molecule has 4 heteroatoms. The maximum atomic E-state index is 11.6. The Bertz CT molecular complexity index is 481. The minimum Gasteiger partial charge on any atom is -0.458 e. The molecular weight excluding hydrogens is 244 g/mol. The molecule has 1 heterocycles. The van der Waals surface area contributed by atoms with Crippen molar-refractivity contribution in [3.8, 4) is 0 Å². The molecule has 2 N–H and O–H groups in total. The van der Waals surface area contributed by atoms with Gasteiger partial charge >= 0.3 is 5.97 Å². The summed E-state index contributed by atoms with van der Waals surface area (Å²) in [5.41, 5.74) is 1.02. The molecule has 0 aromatic carbocycles. The molecule has 0 amide bonds. The Morgan fingerprint density at radius 3 is 2.84 bits per heavy atom. The van der Waals surface area contributed by atoms with Gasteiger partial charge in [-0.3, -0.25) is 0 Å². The van der Waals surface area contributed by atoms with E-state index in [1.807, 2.05) is 19.9 Å². The maximum absolute atomic E-state index is 11.6. The number of ether oxygens (including phenoxy) is 1. The van der Waals surface area contributed by atoms with Gasteiger partial charge in [0.05, 0.1) is 18.1 Å². The van der Waals surface area contributed by atoms with Crippen LogP contribution < -0.4 is 0 Å². The Kier molecular flexibility index (Phi) is 2.67. The fourth-order valence-electron chi connectivity index (χ4n) is 4.23. The number of rotatable bonds is 0. The molecule has 0 aromatic heterocycles. The summed E-state index contributed by atoms with van der Waals surface area (Å²) in [5, 5.41) is 21.0. The third-order valence-electron chi connectivity index (χ3n) is 5.30. The molecule has 19 heavy (non-hydrogen) atoms. The summed E-state index contributed by atoms with van der Waals surface area (Å²) in [6.45, 7) is 7.72. The van der Waals surface area contributed by atoms with E-state index in [4.69, 9.17) is 4.74 Å². The van der Waals surface area contributed by atoms with Crippen LogP contribution in [0, 0.1) is 17.3 Å². The van der Waals surface area contributed by atoms with Gasteiger partial charge in [0.2, 0.25) is 0 Å². The van der Waals surface area contributed by atoms with Crippen LogP contribution in [-0.2, 0) is 9.53 Å². The maximum Gasteiger partial charge on any atom is 0.334 e. The van der Waals surface area contributed by atoms with Gasteiger partial charge in [0.15, 0.2) is 0 Å². The second-order valence-corrected chi connectivity index (χ2v) is 6.37. The third kappa shape index (κ3) is 1.56. The van der Waals surface area contributed by atoms with Crippen molar-refractivity contribution < 1.29 is 19.7 Å². The molecule has 0 aromatic rings. The molecule has 1 saturated heterocycles. The Hall–Kier alpha value is -1.13. The molecule has 4 nitrogen and oxygen atoms in total. The van der Waals surface area contributed by atoms with Crippen molar-refractivity contribution in [1.82, 2.24) is 0 Å². The molecule has 1 aliphatic heterocycles. The van der Waals surface area contributed by atoms with E-state index in [0.29, 0.717) is 18.4 Å². The molecule has 6 atom stereocenters. The van der Waals surface area contributed by atoms with Crippen molar-refractivity contribution in [2.75, 3.05) is 0 Å². The van der Waals surface area contributed by atoms with Crippen LogP contribution in [0.15, 0.2) is 23.8 Å². The van der Waals surface area contributed by atoms with E-state index in [9.17, 15) is 15.0 Å². The first-order valence-electron chi connectivity index (χ1n) is 6.79. The lowest BCUT2D eigenvalue weighted by Crippen LogP contribution is -2.56. The lowest BCUT2D eigenvalue weighted by molar-refractivity contribution is -0.154. The molecule has 0 spiro atoms. The van der Waals surface area contributed by atoms with Crippen molar-refractivity contribution in [3.05, 3.63) is 23.8 Å². The summed E-state index contributed by atoms with van der Waals surface area (Å²) < 4.78 is 5.32. The lowest BCUT2D eigenvalue weighted by atomic mass is 9.54. The summed E-state index contributed by atoms with van der Waals surface area (Å²) in [7, 11) is 0. The van der Waals surface area contributed by atoms with Crippen LogP contribution in [0.5, 0.6) is 0 Å². The molecule has 2 fully saturated rings. The lowest BCUT2D eigenvalue weighted by Gasteiger charge is -2.53. The standard InChI is InChI=1S/C15H20O4/c1-7-4-5-10(16)15(3)6-9-11(13(17)12(7)15)8(2)14(18)19-9/h4,9-13,16-17H,2,5-6H2,1,3H3/t9-,10-,11-,12+,13-,15+/m0/s1. The number of hydrogen-bond acceptors (Lipinski definition) is 4. The molecular formula is C15H20O4. The van der Waals surface area contributed by atoms with E-state index in [2.05, 4.69) is 6.58 Å². The quantitative estimate of drug-likeness (QED) is 0.392. The zero-order valence-corrected chi connectivity index (χ0v) is 11.3. The average molecular weight is 264 g/mol. The van der Waals surface area contributed by atoms with E-state index in [1.165, 1.54) is 0 Å². The van der Waals surface area contributed by atoms with Gasteiger partial charge in [-0.2, -0.15) is 0 Å². The van der Waals surface area contributed by atoms with E-state index in [-0.39, 0.29) is 17.9 Å². The molecule has 3 rings (SSSR count). The van der Waals surface area contributed by atoms with E-state index >= 15 is 0 Å². The summed E-state index contributed by atoms with van der Waals surface area (Å²) in [5.74, 6) is -0.879. The topological polar surface area (TPSA) is 66.8 Å². The van der Waals surface area contributed by atoms with Crippen molar-refractivity contribution in [2.45, 2.75) is 45.0 Å². The van der Waals surface area contributed by atoms with Gasteiger partial charge in [-0.25, -0.2) is 4.79 Å². The van der Waals surface area contributed by atoms with Gasteiger partial charge in [0.25, 0.3) is 0 Å². The number of aliphatic hydroxyl groups excluding tert-OH is 2. The summed E-state index contributed by atoms with van der Waals surface area (Å²) in [6.07, 6.45) is 1.59. The van der Waals surface area contributed by atoms with Gasteiger partial charge in [-0.1, -0.05) is 25.2 Å². The first-order valence-corrected chi connectivity index (χ1v) is 6.79. The summed E-state index contributed by atoms with van der Waals surface area (Å²) in [6, 6.07) is 0. The predicted octanol–water partition coefficient (Wildman–Crippen LogP) is 1.18. The Labute approximate surface area is 112 Å². The van der Waals surface area contributed by atoms with Crippen LogP contribution >= 0.6 is 0 Å². The van der Waals surface area contributed by atoms with Crippen LogP contribution in [-0.4, -0.2) is 34.5 Å². The number of aliphatic hydroxyl groups is 2. The molecule has 0 radical (unpaired) electrons. The SMILES string of the molecule is C=C1C(=O)O[C@H]2C[C@@]3(C)[C@H](C(C)=CC[C@@H]3O)[C@@H](O)[C@@H]12. The summed E-state index contributed by atoms with van der Waals surface area (Å²) >= 11 is 0. The molecule has 104 valence electrons. The fraction of sp³-hybridized carbons (Fsp3) is 0.667. The Morgan fingerprint density at radius 1 is 1.47 bits per heavy atom. The Morgan fingerprint density at radius 2 is 2.16 bits per heavy atom. The number of esters is 1. The van der Waals surface area contributed by atoms with Gasteiger partial charge in [0, 0.05) is 16.9 Å². The predicted molar refractivity (Wildman–Crippen MR) is 69.1 cm³/mol. The van der Waals surface area contributed by atoms with Crippen LogP contribution in [0.4, 0.5) is 0 Å². The van der Waals surface area contributed by atoms with Gasteiger partial charge in [-0.05, 0) is 19.8 Å². The highest BCUT2D eigenvalue weighted by Gasteiger charge is 2.59.